The van der Waals surface area contributed by atoms with Gasteiger partial charge in [0.1, 0.15) is 0 Å². The predicted octanol–water partition coefficient (Wildman–Crippen LogP) is 5.13. The van der Waals surface area contributed by atoms with Crippen molar-refractivity contribution in [3.8, 4) is 11.5 Å². The summed E-state index contributed by atoms with van der Waals surface area (Å²) in [4.78, 5) is 12.4. The standard InChI is InChI=1S/C19H18ClN3O2S/c1-11-6-4-5-7-15(11)18-22-23-19(25-18)26-13(3)17(24)21-16-10-14(20)9-8-12(16)2/h4-10,13H,1-3H3,(H,21,24). The van der Waals surface area contributed by atoms with E-state index < -0.39 is 5.25 Å². The van der Waals surface area contributed by atoms with Gasteiger partial charge < -0.3 is 9.73 Å². The fourth-order valence-corrected chi connectivity index (χ4v) is 3.20. The Morgan fingerprint density at radius 3 is 2.69 bits per heavy atom. The number of nitrogens with one attached hydrogen (secondary N) is 1. The second-order valence-corrected chi connectivity index (χ2v) is 7.63. The van der Waals surface area contributed by atoms with Crippen LogP contribution in [-0.4, -0.2) is 21.4 Å². The first-order valence-corrected chi connectivity index (χ1v) is 9.33. The van der Waals surface area contributed by atoms with Crippen LogP contribution in [0.4, 0.5) is 5.69 Å². The molecule has 0 saturated carbocycles. The number of hydrogen-bond acceptors (Lipinski definition) is 5. The fraction of sp³-hybridized carbons (Fsp3) is 0.211. The van der Waals surface area contributed by atoms with Crippen LogP contribution < -0.4 is 5.32 Å². The number of aryl methyl sites for hydroxylation is 2. The molecule has 134 valence electrons. The monoisotopic (exact) mass is 387 g/mol. The van der Waals surface area contributed by atoms with E-state index in [4.69, 9.17) is 16.0 Å². The zero-order valence-electron chi connectivity index (χ0n) is 14.6. The fourth-order valence-electron chi connectivity index (χ4n) is 2.35. The number of halogens is 1. The largest absolute Gasteiger partial charge is 0.411 e. The summed E-state index contributed by atoms with van der Waals surface area (Å²) in [6, 6.07) is 13.2. The first-order chi connectivity index (χ1) is 12.4. The predicted molar refractivity (Wildman–Crippen MR) is 105 cm³/mol. The van der Waals surface area contributed by atoms with Crippen LogP contribution in [0.5, 0.6) is 0 Å². The minimum absolute atomic E-state index is 0.156. The van der Waals surface area contributed by atoms with Crippen LogP contribution in [0.1, 0.15) is 18.1 Å². The number of hydrogen-bond donors (Lipinski definition) is 1. The van der Waals surface area contributed by atoms with Crippen molar-refractivity contribution in [3.05, 3.63) is 58.6 Å². The normalized spacial score (nSPS) is 12.0. The van der Waals surface area contributed by atoms with Crippen LogP contribution in [-0.2, 0) is 4.79 Å². The lowest BCUT2D eigenvalue weighted by molar-refractivity contribution is -0.115. The quantitative estimate of drug-likeness (QED) is 0.615. The van der Waals surface area contributed by atoms with Crippen molar-refractivity contribution in [2.24, 2.45) is 0 Å². The lowest BCUT2D eigenvalue weighted by Crippen LogP contribution is -2.22. The van der Waals surface area contributed by atoms with Gasteiger partial charge in [-0.15, -0.1) is 10.2 Å². The first-order valence-electron chi connectivity index (χ1n) is 8.07. The van der Waals surface area contributed by atoms with E-state index in [1.54, 1.807) is 19.1 Å². The number of thioether (sulfide) groups is 1. The highest BCUT2D eigenvalue weighted by molar-refractivity contribution is 8.00. The van der Waals surface area contributed by atoms with Crippen molar-refractivity contribution >= 4 is 35.0 Å². The van der Waals surface area contributed by atoms with Crippen LogP contribution in [0.15, 0.2) is 52.1 Å². The Kier molecular flexibility index (Phi) is 5.64. The summed E-state index contributed by atoms with van der Waals surface area (Å²) >= 11 is 7.21. The van der Waals surface area contributed by atoms with Gasteiger partial charge in [-0.1, -0.05) is 47.6 Å². The Hall–Kier alpha value is -2.31. The van der Waals surface area contributed by atoms with Crippen LogP contribution in [0, 0.1) is 13.8 Å². The molecule has 0 fully saturated rings. The number of anilines is 1. The average molecular weight is 388 g/mol. The molecule has 0 aliphatic carbocycles. The van der Waals surface area contributed by atoms with Gasteiger partial charge >= 0.3 is 0 Å². The number of benzene rings is 2. The number of carbonyl (C=O) groups excluding carboxylic acids is 1. The summed E-state index contributed by atoms with van der Waals surface area (Å²) in [5, 5.41) is 11.5. The molecular weight excluding hydrogens is 370 g/mol. The molecule has 0 radical (unpaired) electrons. The number of carbonyl (C=O) groups is 1. The van der Waals surface area contributed by atoms with E-state index in [1.165, 1.54) is 11.8 Å². The molecule has 1 atom stereocenters. The highest BCUT2D eigenvalue weighted by Gasteiger charge is 2.20. The van der Waals surface area contributed by atoms with Crippen molar-refractivity contribution in [1.82, 2.24) is 10.2 Å². The molecule has 3 rings (SSSR count). The van der Waals surface area contributed by atoms with E-state index in [0.717, 1.165) is 16.7 Å². The Morgan fingerprint density at radius 1 is 1.15 bits per heavy atom. The van der Waals surface area contributed by atoms with E-state index in [0.29, 0.717) is 21.8 Å². The van der Waals surface area contributed by atoms with E-state index in [1.807, 2.05) is 44.2 Å². The molecule has 1 amide bonds. The van der Waals surface area contributed by atoms with Gasteiger partial charge in [0.15, 0.2) is 0 Å². The SMILES string of the molecule is Cc1ccc(Cl)cc1NC(=O)C(C)Sc1nnc(-c2ccccc2C)o1. The van der Waals surface area contributed by atoms with Crippen LogP contribution in [0.2, 0.25) is 5.02 Å². The molecule has 3 aromatic rings. The zero-order chi connectivity index (χ0) is 18.7. The van der Waals surface area contributed by atoms with Crippen LogP contribution in [0.25, 0.3) is 11.5 Å². The van der Waals surface area contributed by atoms with Gasteiger partial charge in [0.25, 0.3) is 5.22 Å². The molecule has 1 heterocycles. The molecule has 1 unspecified atom stereocenters. The molecule has 7 heteroatoms. The molecule has 2 aromatic carbocycles. The highest BCUT2D eigenvalue weighted by atomic mass is 35.5. The molecule has 1 N–H and O–H groups in total. The van der Waals surface area contributed by atoms with Gasteiger partial charge in [-0.3, -0.25) is 4.79 Å². The molecule has 1 aromatic heterocycles. The summed E-state index contributed by atoms with van der Waals surface area (Å²) in [6.07, 6.45) is 0. The summed E-state index contributed by atoms with van der Waals surface area (Å²) < 4.78 is 5.70. The average Bonchev–Trinajstić information content (AvgIpc) is 3.06. The third-order valence-electron chi connectivity index (χ3n) is 3.89. The highest BCUT2D eigenvalue weighted by Crippen LogP contribution is 2.28. The van der Waals surface area contributed by atoms with Crippen molar-refractivity contribution in [1.29, 1.82) is 0 Å². The number of aromatic nitrogens is 2. The molecule has 0 saturated heterocycles. The van der Waals surface area contributed by atoms with Crippen molar-refractivity contribution in [2.45, 2.75) is 31.2 Å². The van der Waals surface area contributed by atoms with Crippen molar-refractivity contribution in [2.75, 3.05) is 5.32 Å². The van der Waals surface area contributed by atoms with Crippen LogP contribution in [0.3, 0.4) is 0 Å². The topological polar surface area (TPSA) is 68.0 Å². The van der Waals surface area contributed by atoms with E-state index in [9.17, 15) is 4.79 Å². The van der Waals surface area contributed by atoms with Gasteiger partial charge in [-0.05, 0) is 50.1 Å². The number of amides is 1. The van der Waals surface area contributed by atoms with Gasteiger partial charge in [0.2, 0.25) is 11.8 Å². The lowest BCUT2D eigenvalue weighted by atomic mass is 10.1. The maximum absolute atomic E-state index is 12.4. The molecule has 5 nitrogen and oxygen atoms in total. The third kappa shape index (κ3) is 4.26. The Labute approximate surface area is 161 Å². The number of nitrogens with zero attached hydrogens (tertiary/aromatic N) is 2. The van der Waals surface area contributed by atoms with Crippen molar-refractivity contribution in [3.63, 3.8) is 0 Å². The summed E-state index contributed by atoms with van der Waals surface area (Å²) in [7, 11) is 0. The number of rotatable bonds is 5. The maximum atomic E-state index is 12.4. The third-order valence-corrected chi connectivity index (χ3v) is 5.06. The Balaban J connectivity index is 1.68. The Morgan fingerprint density at radius 2 is 1.92 bits per heavy atom. The second kappa shape index (κ2) is 7.93. The minimum Gasteiger partial charge on any atom is -0.411 e. The van der Waals surface area contributed by atoms with Gasteiger partial charge in [0, 0.05) is 16.3 Å². The van der Waals surface area contributed by atoms with Crippen molar-refractivity contribution < 1.29 is 9.21 Å². The lowest BCUT2D eigenvalue weighted by Gasteiger charge is -2.12. The van der Waals surface area contributed by atoms with E-state index in [2.05, 4.69) is 15.5 Å². The Bertz CT molecular complexity index is 942. The van der Waals surface area contributed by atoms with E-state index in [-0.39, 0.29) is 5.91 Å². The smallest absolute Gasteiger partial charge is 0.277 e. The summed E-state index contributed by atoms with van der Waals surface area (Å²) in [5.41, 5.74) is 3.58. The molecular formula is C19H18ClN3O2S. The molecule has 0 spiro atoms. The zero-order valence-corrected chi connectivity index (χ0v) is 16.2. The molecule has 0 aliphatic heterocycles. The van der Waals surface area contributed by atoms with Gasteiger partial charge in [-0.2, -0.15) is 0 Å². The van der Waals surface area contributed by atoms with Gasteiger partial charge in [0.05, 0.1) is 5.25 Å². The molecule has 26 heavy (non-hydrogen) atoms. The van der Waals surface area contributed by atoms with Gasteiger partial charge in [-0.25, -0.2) is 0 Å². The summed E-state index contributed by atoms with van der Waals surface area (Å²) in [6.45, 7) is 5.68. The first kappa shape index (κ1) is 18.5. The molecule has 0 aliphatic rings. The van der Waals surface area contributed by atoms with Crippen LogP contribution >= 0.6 is 23.4 Å². The molecule has 0 bridgehead atoms. The second-order valence-electron chi connectivity index (χ2n) is 5.90. The van der Waals surface area contributed by atoms with E-state index >= 15 is 0 Å². The minimum atomic E-state index is -0.404. The summed E-state index contributed by atoms with van der Waals surface area (Å²) in [5.74, 6) is 0.292. The maximum Gasteiger partial charge on any atom is 0.277 e.